The van der Waals surface area contributed by atoms with E-state index in [1.165, 1.54) is 24.0 Å². The van der Waals surface area contributed by atoms with E-state index in [9.17, 15) is 0 Å². The Kier molecular flexibility index (Phi) is 2.39. The Balaban J connectivity index is 2.38. The lowest BCUT2D eigenvalue weighted by Gasteiger charge is -2.16. The average Bonchev–Trinajstić information content (AvgIpc) is 2.27. The van der Waals surface area contributed by atoms with Crippen molar-refractivity contribution in [3.05, 3.63) is 34.9 Å². The molecule has 3 N–H and O–H groups in total. The van der Waals surface area contributed by atoms with Crippen molar-refractivity contribution in [2.75, 3.05) is 0 Å². The Morgan fingerprint density at radius 1 is 1.21 bits per heavy atom. The highest BCUT2D eigenvalue weighted by Gasteiger charge is 2.10. The molecule has 0 saturated carbocycles. The number of benzene rings is 1. The zero-order valence-electron chi connectivity index (χ0n) is 8.03. The molecule has 74 valence electrons. The first-order valence-corrected chi connectivity index (χ1v) is 4.91. The van der Waals surface area contributed by atoms with Gasteiger partial charge in [-0.05, 0) is 42.9 Å². The molecular formula is C11H14N2O. The van der Waals surface area contributed by atoms with E-state index in [0.29, 0.717) is 0 Å². The molecule has 0 heterocycles. The van der Waals surface area contributed by atoms with Crippen LogP contribution in [0.25, 0.3) is 0 Å². The summed E-state index contributed by atoms with van der Waals surface area (Å²) < 4.78 is 0. The lowest BCUT2D eigenvalue weighted by molar-refractivity contribution is 0.318. The van der Waals surface area contributed by atoms with Gasteiger partial charge < -0.3 is 10.9 Å². The van der Waals surface area contributed by atoms with Gasteiger partial charge >= 0.3 is 0 Å². The second kappa shape index (κ2) is 3.70. The molecule has 2 rings (SSSR count). The molecule has 0 bridgehead atoms. The largest absolute Gasteiger partial charge is 0.409 e. The Morgan fingerprint density at radius 3 is 2.64 bits per heavy atom. The minimum Gasteiger partial charge on any atom is -0.409 e. The fraction of sp³-hybridized carbons (Fsp3) is 0.364. The zero-order valence-corrected chi connectivity index (χ0v) is 8.03. The molecule has 3 heteroatoms. The van der Waals surface area contributed by atoms with Gasteiger partial charge in [0.2, 0.25) is 0 Å². The Hall–Kier alpha value is -1.51. The van der Waals surface area contributed by atoms with Crippen LogP contribution in [0, 0.1) is 0 Å². The van der Waals surface area contributed by atoms with E-state index in [4.69, 9.17) is 10.9 Å². The molecule has 1 aliphatic rings. The van der Waals surface area contributed by atoms with Crippen LogP contribution < -0.4 is 5.73 Å². The van der Waals surface area contributed by atoms with Crippen LogP contribution in [0.3, 0.4) is 0 Å². The molecule has 0 spiro atoms. The highest BCUT2D eigenvalue weighted by Crippen LogP contribution is 2.21. The fourth-order valence-corrected chi connectivity index (χ4v) is 1.95. The quantitative estimate of drug-likeness (QED) is 0.306. The average molecular weight is 190 g/mol. The van der Waals surface area contributed by atoms with Crippen molar-refractivity contribution in [3.63, 3.8) is 0 Å². The van der Waals surface area contributed by atoms with Gasteiger partial charge in [-0.25, -0.2) is 0 Å². The van der Waals surface area contributed by atoms with Gasteiger partial charge in [0.05, 0.1) is 0 Å². The first-order valence-electron chi connectivity index (χ1n) is 4.91. The van der Waals surface area contributed by atoms with Crippen LogP contribution in [0.5, 0.6) is 0 Å². The van der Waals surface area contributed by atoms with E-state index in [1.54, 1.807) is 0 Å². The molecule has 0 aliphatic heterocycles. The molecule has 0 unspecified atom stereocenters. The van der Waals surface area contributed by atoms with E-state index in [-0.39, 0.29) is 5.84 Å². The molecule has 0 radical (unpaired) electrons. The van der Waals surface area contributed by atoms with Crippen LogP contribution >= 0.6 is 0 Å². The van der Waals surface area contributed by atoms with Gasteiger partial charge in [-0.2, -0.15) is 0 Å². The van der Waals surface area contributed by atoms with Gasteiger partial charge in [0.25, 0.3) is 0 Å². The number of rotatable bonds is 1. The van der Waals surface area contributed by atoms with Crippen molar-refractivity contribution in [2.45, 2.75) is 25.7 Å². The van der Waals surface area contributed by atoms with Crippen molar-refractivity contribution < 1.29 is 5.21 Å². The lowest BCUT2D eigenvalue weighted by atomic mass is 9.90. The van der Waals surface area contributed by atoms with E-state index in [1.807, 2.05) is 12.1 Å². The van der Waals surface area contributed by atoms with E-state index < -0.39 is 0 Å². The number of hydrogen-bond acceptors (Lipinski definition) is 2. The Bertz CT molecular complexity index is 372. The van der Waals surface area contributed by atoms with Gasteiger partial charge in [-0.3, -0.25) is 0 Å². The highest BCUT2D eigenvalue weighted by molar-refractivity contribution is 5.97. The maximum absolute atomic E-state index is 8.56. The highest BCUT2D eigenvalue weighted by atomic mass is 16.4. The van der Waals surface area contributed by atoms with Crippen molar-refractivity contribution in [2.24, 2.45) is 10.9 Å². The number of hydrogen-bond donors (Lipinski definition) is 2. The number of nitrogens with two attached hydrogens (primary N) is 1. The van der Waals surface area contributed by atoms with Gasteiger partial charge in [0, 0.05) is 5.56 Å². The number of amidine groups is 1. The first kappa shape index (κ1) is 9.06. The molecule has 0 saturated heterocycles. The fourth-order valence-electron chi connectivity index (χ4n) is 1.95. The molecule has 3 nitrogen and oxygen atoms in total. The predicted octanol–water partition coefficient (Wildman–Crippen LogP) is 1.66. The standard InChI is InChI=1S/C11H14N2O/c12-11(13-14)10-6-5-8-3-1-2-4-9(8)7-10/h5-7,14H,1-4H2,(H2,12,13). The van der Waals surface area contributed by atoms with Crippen LogP contribution in [0.1, 0.15) is 29.5 Å². The normalized spacial score (nSPS) is 16.4. The van der Waals surface area contributed by atoms with Crippen LogP contribution in [0.2, 0.25) is 0 Å². The summed E-state index contributed by atoms with van der Waals surface area (Å²) in [5.41, 5.74) is 9.10. The summed E-state index contributed by atoms with van der Waals surface area (Å²) in [6.45, 7) is 0. The maximum Gasteiger partial charge on any atom is 0.170 e. The molecule has 0 aromatic heterocycles. The molecule has 0 atom stereocenters. The van der Waals surface area contributed by atoms with E-state index in [0.717, 1.165) is 18.4 Å². The number of aryl methyl sites for hydroxylation is 2. The van der Waals surface area contributed by atoms with Crippen LogP contribution in [0.15, 0.2) is 23.4 Å². The van der Waals surface area contributed by atoms with Gasteiger partial charge in [-0.15, -0.1) is 0 Å². The molecule has 14 heavy (non-hydrogen) atoms. The summed E-state index contributed by atoms with van der Waals surface area (Å²) in [5.74, 6) is 0.193. The maximum atomic E-state index is 8.56. The summed E-state index contributed by atoms with van der Waals surface area (Å²) in [4.78, 5) is 0. The summed E-state index contributed by atoms with van der Waals surface area (Å²) in [7, 11) is 0. The molecule has 1 aliphatic carbocycles. The van der Waals surface area contributed by atoms with Gasteiger partial charge in [0.15, 0.2) is 5.84 Å². The van der Waals surface area contributed by atoms with Crippen molar-refractivity contribution >= 4 is 5.84 Å². The summed E-state index contributed by atoms with van der Waals surface area (Å²) in [5, 5.41) is 11.6. The third-order valence-corrected chi connectivity index (χ3v) is 2.75. The first-order chi connectivity index (χ1) is 6.81. The Labute approximate surface area is 83.2 Å². The van der Waals surface area contributed by atoms with Gasteiger partial charge in [0.1, 0.15) is 0 Å². The molecule has 0 fully saturated rings. The second-order valence-electron chi connectivity index (χ2n) is 3.68. The minimum absolute atomic E-state index is 0.193. The summed E-state index contributed by atoms with van der Waals surface area (Å²) in [6.07, 6.45) is 4.79. The molecular weight excluding hydrogens is 176 g/mol. The summed E-state index contributed by atoms with van der Waals surface area (Å²) in [6, 6.07) is 6.03. The zero-order chi connectivity index (χ0) is 9.97. The van der Waals surface area contributed by atoms with E-state index >= 15 is 0 Å². The predicted molar refractivity (Wildman–Crippen MR) is 55.6 cm³/mol. The minimum atomic E-state index is 0.193. The molecule has 0 amide bonds. The number of fused-ring (bicyclic) bond motifs is 1. The van der Waals surface area contributed by atoms with Gasteiger partial charge in [-0.1, -0.05) is 17.3 Å². The van der Waals surface area contributed by atoms with Crippen LogP contribution in [0.4, 0.5) is 0 Å². The Morgan fingerprint density at radius 2 is 1.93 bits per heavy atom. The topological polar surface area (TPSA) is 58.6 Å². The van der Waals surface area contributed by atoms with Crippen molar-refractivity contribution in [1.82, 2.24) is 0 Å². The van der Waals surface area contributed by atoms with Crippen molar-refractivity contribution in [1.29, 1.82) is 0 Å². The SMILES string of the molecule is N/C(=N\O)c1ccc2c(c1)CCCC2. The van der Waals surface area contributed by atoms with Crippen LogP contribution in [-0.2, 0) is 12.8 Å². The second-order valence-corrected chi connectivity index (χ2v) is 3.68. The molecule has 1 aromatic carbocycles. The smallest absolute Gasteiger partial charge is 0.170 e. The number of nitrogens with zero attached hydrogens (tertiary/aromatic N) is 1. The third kappa shape index (κ3) is 1.58. The summed E-state index contributed by atoms with van der Waals surface area (Å²) >= 11 is 0. The number of oxime groups is 1. The monoisotopic (exact) mass is 190 g/mol. The van der Waals surface area contributed by atoms with Crippen molar-refractivity contribution in [3.8, 4) is 0 Å². The van der Waals surface area contributed by atoms with Crippen LogP contribution in [-0.4, -0.2) is 11.0 Å². The lowest BCUT2D eigenvalue weighted by Crippen LogP contribution is -2.14. The van der Waals surface area contributed by atoms with E-state index in [2.05, 4.69) is 11.2 Å². The molecule has 1 aromatic rings. The third-order valence-electron chi connectivity index (χ3n) is 2.75.